The van der Waals surface area contributed by atoms with Gasteiger partial charge in [0.1, 0.15) is 5.69 Å². The van der Waals surface area contributed by atoms with Crippen LogP contribution < -0.4 is 10.5 Å². The minimum absolute atomic E-state index is 0.00920. The molecule has 0 bridgehead atoms. The fourth-order valence-electron chi connectivity index (χ4n) is 3.30. The molecule has 11 heteroatoms. The largest absolute Gasteiger partial charge is 0.364 e. The summed E-state index contributed by atoms with van der Waals surface area (Å²) < 4.78 is 27.0. The Bertz CT molecular complexity index is 1010. The lowest BCUT2D eigenvalue weighted by molar-refractivity contribution is -0.132. The molecule has 3 rings (SSSR count). The lowest BCUT2D eigenvalue weighted by Gasteiger charge is -2.32. The van der Waals surface area contributed by atoms with Gasteiger partial charge in [-0.3, -0.25) is 14.7 Å². The number of aromatic nitrogens is 2. The molecule has 2 aromatic rings. The molecule has 0 unspecified atom stereocenters. The third-order valence-electron chi connectivity index (χ3n) is 4.80. The fourth-order valence-corrected chi connectivity index (χ4v) is 4.63. The average Bonchev–Trinajstić information content (AvgIpc) is 3.18. The number of hydrogen-bond donors (Lipinski definition) is 3. The van der Waals surface area contributed by atoms with E-state index in [-0.39, 0.29) is 35.4 Å². The summed E-state index contributed by atoms with van der Waals surface area (Å²) in [5.41, 5.74) is 6.15. The fraction of sp³-hybridized carbons (Fsp3) is 0.389. The molecule has 156 valence electrons. The molecule has 0 radical (unpaired) electrons. The van der Waals surface area contributed by atoms with Crippen molar-refractivity contribution in [3.63, 3.8) is 0 Å². The number of rotatable bonds is 7. The smallest absolute Gasteiger partial charge is 0.269 e. The zero-order valence-corrected chi connectivity index (χ0v) is 17.2. The Morgan fingerprint density at radius 2 is 2.14 bits per heavy atom. The van der Waals surface area contributed by atoms with Crippen molar-refractivity contribution in [2.75, 3.05) is 19.6 Å². The number of halogens is 1. The molecule has 4 N–H and O–H groups in total. The van der Waals surface area contributed by atoms with Crippen LogP contribution in [0.2, 0.25) is 5.02 Å². The minimum atomic E-state index is -3.73. The van der Waals surface area contributed by atoms with Gasteiger partial charge in [-0.15, -0.1) is 0 Å². The third-order valence-corrected chi connectivity index (χ3v) is 6.50. The second kappa shape index (κ2) is 8.93. The molecule has 29 heavy (non-hydrogen) atoms. The van der Waals surface area contributed by atoms with Crippen LogP contribution in [-0.4, -0.2) is 55.0 Å². The first kappa shape index (κ1) is 21.3. The maximum absolute atomic E-state index is 12.5. The van der Waals surface area contributed by atoms with Crippen molar-refractivity contribution in [3.05, 3.63) is 46.7 Å². The molecule has 2 heterocycles. The Kier molecular flexibility index (Phi) is 6.56. The molecule has 0 saturated carbocycles. The number of aromatic amines is 1. The number of carbonyl (C=O) groups excluding carboxylic acids is 2. The van der Waals surface area contributed by atoms with Gasteiger partial charge in [0.05, 0.1) is 4.90 Å². The first-order valence-corrected chi connectivity index (χ1v) is 11.0. The van der Waals surface area contributed by atoms with Gasteiger partial charge < -0.3 is 10.6 Å². The van der Waals surface area contributed by atoms with Gasteiger partial charge >= 0.3 is 0 Å². The van der Waals surface area contributed by atoms with Gasteiger partial charge in [-0.2, -0.15) is 5.10 Å². The Morgan fingerprint density at radius 1 is 1.34 bits per heavy atom. The van der Waals surface area contributed by atoms with E-state index in [0.29, 0.717) is 18.1 Å². The van der Waals surface area contributed by atoms with Crippen molar-refractivity contribution in [1.29, 1.82) is 0 Å². The summed E-state index contributed by atoms with van der Waals surface area (Å²) in [6.07, 6.45) is 1.70. The number of hydrogen-bond acceptors (Lipinski definition) is 5. The summed E-state index contributed by atoms with van der Waals surface area (Å²) in [6.45, 7) is 1.07. The molecule has 0 spiro atoms. The molecule has 2 amide bonds. The highest BCUT2D eigenvalue weighted by Gasteiger charge is 2.26. The molecule has 1 atom stereocenters. The highest BCUT2D eigenvalue weighted by Crippen LogP contribution is 2.26. The van der Waals surface area contributed by atoms with Crippen LogP contribution in [0.4, 0.5) is 0 Å². The van der Waals surface area contributed by atoms with Crippen LogP contribution in [0.5, 0.6) is 0 Å². The summed E-state index contributed by atoms with van der Waals surface area (Å²) in [7, 11) is -3.73. The molecule has 9 nitrogen and oxygen atoms in total. The Labute approximate surface area is 173 Å². The average molecular weight is 440 g/mol. The summed E-state index contributed by atoms with van der Waals surface area (Å²) in [5, 5.41) is 7.02. The van der Waals surface area contributed by atoms with E-state index in [2.05, 4.69) is 14.9 Å². The monoisotopic (exact) mass is 439 g/mol. The van der Waals surface area contributed by atoms with Crippen molar-refractivity contribution in [2.24, 2.45) is 5.73 Å². The van der Waals surface area contributed by atoms with Crippen LogP contribution in [0.3, 0.4) is 0 Å². The molecular formula is C18H22ClN5O4S. The van der Waals surface area contributed by atoms with Crippen LogP contribution in [0.15, 0.2) is 35.2 Å². The van der Waals surface area contributed by atoms with Crippen molar-refractivity contribution in [3.8, 4) is 0 Å². The topological polar surface area (TPSA) is 138 Å². The van der Waals surface area contributed by atoms with Gasteiger partial charge in [0.2, 0.25) is 15.9 Å². The van der Waals surface area contributed by atoms with Gasteiger partial charge in [-0.25, -0.2) is 13.1 Å². The number of amides is 2. The molecular weight excluding hydrogens is 418 g/mol. The van der Waals surface area contributed by atoms with Crippen molar-refractivity contribution < 1.29 is 18.0 Å². The van der Waals surface area contributed by atoms with Gasteiger partial charge in [-0.05, 0) is 37.1 Å². The van der Waals surface area contributed by atoms with Crippen molar-refractivity contribution in [2.45, 2.75) is 30.1 Å². The lowest BCUT2D eigenvalue weighted by Crippen LogP contribution is -2.40. The molecule has 1 aromatic carbocycles. The maximum atomic E-state index is 12.5. The first-order chi connectivity index (χ1) is 13.8. The van der Waals surface area contributed by atoms with Crippen LogP contribution in [0, 0.1) is 0 Å². The van der Waals surface area contributed by atoms with E-state index in [0.717, 1.165) is 18.5 Å². The van der Waals surface area contributed by atoms with Crippen LogP contribution >= 0.6 is 11.6 Å². The minimum Gasteiger partial charge on any atom is -0.364 e. The Balaban J connectivity index is 1.54. The van der Waals surface area contributed by atoms with Gasteiger partial charge in [-0.1, -0.05) is 17.7 Å². The number of H-pyrrole nitrogens is 1. The van der Waals surface area contributed by atoms with E-state index < -0.39 is 15.9 Å². The van der Waals surface area contributed by atoms with Crippen molar-refractivity contribution in [1.82, 2.24) is 19.8 Å². The van der Waals surface area contributed by atoms with Gasteiger partial charge in [0, 0.05) is 42.7 Å². The number of primary amides is 1. The second-order valence-corrected chi connectivity index (χ2v) is 9.06. The highest BCUT2D eigenvalue weighted by atomic mass is 35.5. The number of benzene rings is 1. The first-order valence-electron chi connectivity index (χ1n) is 9.14. The SMILES string of the molecule is NC(=O)c1cc([C@@H]2CCCN(C(=O)CCNS(=O)(=O)c3cccc(Cl)c3)C2)[nH]n1. The van der Waals surface area contributed by atoms with E-state index in [1.807, 2.05) is 0 Å². The van der Waals surface area contributed by atoms with Crippen LogP contribution in [-0.2, 0) is 14.8 Å². The Morgan fingerprint density at radius 3 is 2.83 bits per heavy atom. The zero-order chi connectivity index (χ0) is 21.0. The highest BCUT2D eigenvalue weighted by molar-refractivity contribution is 7.89. The number of nitrogens with two attached hydrogens (primary N) is 1. The molecule has 1 aromatic heterocycles. The van der Waals surface area contributed by atoms with E-state index >= 15 is 0 Å². The predicted molar refractivity (Wildman–Crippen MR) is 107 cm³/mol. The Hall–Kier alpha value is -2.43. The number of carbonyl (C=O) groups is 2. The molecule has 0 aliphatic carbocycles. The summed E-state index contributed by atoms with van der Waals surface area (Å²) in [5.74, 6) is -0.724. The van der Waals surface area contributed by atoms with Gasteiger partial charge in [0.15, 0.2) is 0 Å². The molecule has 1 saturated heterocycles. The molecule has 1 aliphatic heterocycles. The lowest BCUT2D eigenvalue weighted by atomic mass is 9.94. The van der Waals surface area contributed by atoms with E-state index in [4.69, 9.17) is 17.3 Å². The van der Waals surface area contributed by atoms with Crippen molar-refractivity contribution >= 4 is 33.4 Å². The number of piperidine rings is 1. The number of nitrogens with zero attached hydrogens (tertiary/aromatic N) is 2. The second-order valence-electron chi connectivity index (χ2n) is 6.86. The summed E-state index contributed by atoms with van der Waals surface area (Å²) in [4.78, 5) is 25.5. The van der Waals surface area contributed by atoms with Crippen LogP contribution in [0.25, 0.3) is 0 Å². The number of sulfonamides is 1. The summed E-state index contributed by atoms with van der Waals surface area (Å²) >= 11 is 5.83. The molecule has 1 fully saturated rings. The van der Waals surface area contributed by atoms with E-state index in [1.54, 1.807) is 23.1 Å². The third kappa shape index (κ3) is 5.34. The number of likely N-dealkylation sites (tertiary alicyclic amines) is 1. The van der Waals surface area contributed by atoms with E-state index in [9.17, 15) is 18.0 Å². The normalized spacial score (nSPS) is 17.3. The predicted octanol–water partition coefficient (Wildman–Crippen LogP) is 1.24. The maximum Gasteiger partial charge on any atom is 0.269 e. The quantitative estimate of drug-likeness (QED) is 0.595. The van der Waals surface area contributed by atoms with Gasteiger partial charge in [0.25, 0.3) is 5.91 Å². The van der Waals surface area contributed by atoms with Crippen LogP contribution in [0.1, 0.15) is 41.4 Å². The zero-order valence-electron chi connectivity index (χ0n) is 15.6. The molecule has 1 aliphatic rings. The van der Waals surface area contributed by atoms with E-state index in [1.165, 1.54) is 12.1 Å². The standard InChI is InChI=1S/C18H22ClN5O4S/c19-13-4-1-5-14(9-13)29(27,28)21-7-6-17(25)24-8-2-3-12(11-24)15-10-16(18(20)26)23-22-15/h1,4-5,9-10,12,21H,2-3,6-8,11H2,(H2,20,26)(H,22,23)/t12-/m1/s1. The number of nitrogens with one attached hydrogen (secondary N) is 2. The summed E-state index contributed by atoms with van der Waals surface area (Å²) in [6, 6.07) is 7.54.